The van der Waals surface area contributed by atoms with Crippen LogP contribution < -0.4 is 10.1 Å². The van der Waals surface area contributed by atoms with Gasteiger partial charge in [0.15, 0.2) is 0 Å². The summed E-state index contributed by atoms with van der Waals surface area (Å²) in [5.74, 6) is 1.23. The number of likely N-dealkylation sites (tertiary alicyclic amines) is 1. The maximum absolute atomic E-state index is 12.3. The van der Waals surface area contributed by atoms with E-state index in [-0.39, 0.29) is 23.8 Å². The molecule has 2 aliphatic rings. The van der Waals surface area contributed by atoms with Crippen molar-refractivity contribution in [3.63, 3.8) is 0 Å². The summed E-state index contributed by atoms with van der Waals surface area (Å²) in [6.07, 6.45) is 4.86. The number of hydrogen-bond acceptors (Lipinski definition) is 3. The van der Waals surface area contributed by atoms with Crippen LogP contribution in [0.25, 0.3) is 0 Å². The van der Waals surface area contributed by atoms with Gasteiger partial charge in [-0.15, -0.1) is 0 Å². The first-order valence-electron chi connectivity index (χ1n) is 9.19. The predicted molar refractivity (Wildman–Crippen MR) is 104 cm³/mol. The number of nitrogens with zero attached hydrogens (tertiary/aromatic N) is 1. The summed E-state index contributed by atoms with van der Waals surface area (Å²) in [7, 11) is 0. The second kappa shape index (κ2) is 9.09. The molecule has 0 unspecified atom stereocenters. The first kappa shape index (κ1) is 19.5. The molecule has 0 radical (unpaired) electrons. The van der Waals surface area contributed by atoms with Gasteiger partial charge in [0.2, 0.25) is 11.8 Å². The minimum atomic E-state index is 0.155. The summed E-state index contributed by atoms with van der Waals surface area (Å²) in [5.41, 5.74) is 0. The number of hydrogen-bond donors (Lipinski definition) is 1. The Hall–Kier alpha value is -1.27. The van der Waals surface area contributed by atoms with Gasteiger partial charge in [0.25, 0.3) is 0 Å². The lowest BCUT2D eigenvalue weighted by Crippen LogP contribution is -2.46. The molecule has 1 aromatic rings. The standard InChI is InChI=1S/C19H24BrClN2O3/c20-14-5-6-17(16(21)12-14)26-11-1-2-18(24)23-9-7-15(8-10-23)22-19(25)13-3-4-13/h5-6,12-13,15H,1-4,7-11H2,(H,22,25). The quantitative estimate of drug-likeness (QED) is 0.653. The minimum absolute atomic E-state index is 0.155. The average Bonchev–Trinajstić information content (AvgIpc) is 3.46. The van der Waals surface area contributed by atoms with Crippen molar-refractivity contribution in [1.29, 1.82) is 0 Å². The van der Waals surface area contributed by atoms with E-state index < -0.39 is 0 Å². The molecular weight excluding hydrogens is 420 g/mol. The Balaban J connectivity index is 1.32. The normalized spacial score (nSPS) is 17.8. The highest BCUT2D eigenvalue weighted by atomic mass is 79.9. The third-order valence-electron chi connectivity index (χ3n) is 4.83. The zero-order valence-electron chi connectivity index (χ0n) is 14.7. The third-order valence-corrected chi connectivity index (χ3v) is 5.62. The van der Waals surface area contributed by atoms with Gasteiger partial charge in [-0.25, -0.2) is 0 Å². The molecule has 142 valence electrons. The molecule has 2 fully saturated rings. The van der Waals surface area contributed by atoms with E-state index >= 15 is 0 Å². The van der Waals surface area contributed by atoms with Crippen molar-refractivity contribution in [3.05, 3.63) is 27.7 Å². The molecule has 2 amide bonds. The fourth-order valence-corrected chi connectivity index (χ4v) is 3.82. The van der Waals surface area contributed by atoms with Gasteiger partial charge in [0, 0.05) is 35.9 Å². The smallest absolute Gasteiger partial charge is 0.223 e. The molecule has 0 bridgehead atoms. The van der Waals surface area contributed by atoms with Crippen LogP contribution in [0.4, 0.5) is 0 Å². The summed E-state index contributed by atoms with van der Waals surface area (Å²) in [5, 5.41) is 3.66. The maximum atomic E-state index is 12.3. The van der Waals surface area contributed by atoms with Gasteiger partial charge in [0.05, 0.1) is 11.6 Å². The highest BCUT2D eigenvalue weighted by Crippen LogP contribution is 2.29. The molecule has 3 rings (SSSR count). The Bertz CT molecular complexity index is 658. The van der Waals surface area contributed by atoms with Gasteiger partial charge < -0.3 is 15.0 Å². The van der Waals surface area contributed by atoms with Gasteiger partial charge in [0.1, 0.15) is 5.75 Å². The van der Waals surface area contributed by atoms with Crippen LogP contribution in [0, 0.1) is 5.92 Å². The molecule has 26 heavy (non-hydrogen) atoms. The summed E-state index contributed by atoms with van der Waals surface area (Å²) in [6.45, 7) is 1.89. The van der Waals surface area contributed by atoms with E-state index in [1.165, 1.54) is 0 Å². The van der Waals surface area contributed by atoms with Crippen LogP contribution >= 0.6 is 27.5 Å². The number of ether oxygens (including phenoxy) is 1. The van der Waals surface area contributed by atoms with Crippen molar-refractivity contribution in [1.82, 2.24) is 10.2 Å². The van der Waals surface area contributed by atoms with Crippen molar-refractivity contribution in [2.24, 2.45) is 5.92 Å². The first-order valence-corrected chi connectivity index (χ1v) is 10.4. The van der Waals surface area contributed by atoms with Crippen LogP contribution in [0.5, 0.6) is 5.75 Å². The molecule has 1 aromatic carbocycles. The lowest BCUT2D eigenvalue weighted by atomic mass is 10.0. The highest BCUT2D eigenvalue weighted by Gasteiger charge is 2.32. The Morgan fingerprint density at radius 2 is 1.96 bits per heavy atom. The number of rotatable bonds is 7. The molecule has 0 aromatic heterocycles. The molecule has 7 heteroatoms. The summed E-state index contributed by atoms with van der Waals surface area (Å²) in [6, 6.07) is 5.69. The molecule has 1 N–H and O–H groups in total. The number of nitrogens with one attached hydrogen (secondary N) is 1. The zero-order valence-corrected chi connectivity index (χ0v) is 17.0. The Morgan fingerprint density at radius 3 is 2.62 bits per heavy atom. The topological polar surface area (TPSA) is 58.6 Å². The van der Waals surface area contributed by atoms with Crippen LogP contribution in [-0.4, -0.2) is 42.5 Å². The lowest BCUT2D eigenvalue weighted by molar-refractivity contribution is -0.132. The van der Waals surface area contributed by atoms with E-state index in [0.717, 1.165) is 30.2 Å². The molecule has 5 nitrogen and oxygen atoms in total. The monoisotopic (exact) mass is 442 g/mol. The fourth-order valence-electron chi connectivity index (χ4n) is 3.09. The summed E-state index contributed by atoms with van der Waals surface area (Å²) in [4.78, 5) is 26.0. The average molecular weight is 444 g/mol. The number of carbonyl (C=O) groups is 2. The molecule has 1 saturated carbocycles. The molecule has 1 saturated heterocycles. The Morgan fingerprint density at radius 1 is 1.23 bits per heavy atom. The lowest BCUT2D eigenvalue weighted by Gasteiger charge is -2.32. The van der Waals surface area contributed by atoms with Gasteiger partial charge in [-0.1, -0.05) is 27.5 Å². The third kappa shape index (κ3) is 5.61. The van der Waals surface area contributed by atoms with Gasteiger partial charge in [-0.2, -0.15) is 0 Å². The largest absolute Gasteiger partial charge is 0.492 e. The van der Waals surface area contributed by atoms with Gasteiger partial charge >= 0.3 is 0 Å². The SMILES string of the molecule is O=C(NC1CCN(C(=O)CCCOc2ccc(Br)cc2Cl)CC1)C1CC1. The van der Waals surface area contributed by atoms with E-state index in [4.69, 9.17) is 16.3 Å². The van der Waals surface area contributed by atoms with Crippen LogP contribution in [0.1, 0.15) is 38.5 Å². The number of amides is 2. The molecule has 1 aliphatic carbocycles. The second-order valence-electron chi connectivity index (χ2n) is 6.96. The van der Waals surface area contributed by atoms with E-state index in [9.17, 15) is 9.59 Å². The van der Waals surface area contributed by atoms with Crippen molar-refractivity contribution in [3.8, 4) is 5.75 Å². The fraction of sp³-hybridized carbons (Fsp3) is 0.579. The zero-order chi connectivity index (χ0) is 18.5. The Labute approximate surface area is 167 Å². The van der Waals surface area contributed by atoms with Crippen LogP contribution in [-0.2, 0) is 9.59 Å². The first-order chi connectivity index (χ1) is 12.5. The van der Waals surface area contributed by atoms with Crippen LogP contribution in [0.3, 0.4) is 0 Å². The highest BCUT2D eigenvalue weighted by molar-refractivity contribution is 9.10. The minimum Gasteiger partial charge on any atom is -0.492 e. The van der Waals surface area contributed by atoms with E-state index in [1.54, 1.807) is 6.07 Å². The van der Waals surface area contributed by atoms with E-state index in [1.807, 2.05) is 17.0 Å². The van der Waals surface area contributed by atoms with Gasteiger partial charge in [-0.3, -0.25) is 9.59 Å². The van der Waals surface area contributed by atoms with Crippen molar-refractivity contribution < 1.29 is 14.3 Å². The number of piperidine rings is 1. The van der Waals surface area contributed by atoms with Crippen LogP contribution in [0.2, 0.25) is 5.02 Å². The molecule has 1 heterocycles. The number of benzene rings is 1. The van der Waals surface area contributed by atoms with E-state index in [0.29, 0.717) is 43.3 Å². The van der Waals surface area contributed by atoms with Crippen molar-refractivity contribution in [2.45, 2.75) is 44.6 Å². The van der Waals surface area contributed by atoms with E-state index in [2.05, 4.69) is 21.2 Å². The number of carbonyl (C=O) groups excluding carboxylic acids is 2. The van der Waals surface area contributed by atoms with Gasteiger partial charge in [-0.05, 0) is 50.3 Å². The Kier molecular flexibility index (Phi) is 6.81. The van der Waals surface area contributed by atoms with Crippen molar-refractivity contribution in [2.75, 3.05) is 19.7 Å². The number of halogens is 2. The summed E-state index contributed by atoms with van der Waals surface area (Å²) < 4.78 is 6.55. The predicted octanol–water partition coefficient (Wildman–Crippen LogP) is 3.78. The van der Waals surface area contributed by atoms with Crippen molar-refractivity contribution >= 4 is 39.3 Å². The molecule has 0 spiro atoms. The molecule has 0 atom stereocenters. The molecule has 1 aliphatic heterocycles. The van der Waals surface area contributed by atoms with Crippen LogP contribution in [0.15, 0.2) is 22.7 Å². The maximum Gasteiger partial charge on any atom is 0.223 e. The second-order valence-corrected chi connectivity index (χ2v) is 8.29. The molecular formula is C19H24BrClN2O3. The summed E-state index contributed by atoms with van der Waals surface area (Å²) >= 11 is 9.46.